The predicted octanol–water partition coefficient (Wildman–Crippen LogP) is 0.238. The van der Waals surface area contributed by atoms with Crippen molar-refractivity contribution >= 4 is 17.7 Å². The molecule has 78 valence electrons. The Hall–Kier alpha value is -1.65. The quantitative estimate of drug-likeness (QED) is 0.275. The zero-order valence-corrected chi connectivity index (χ0v) is 8.16. The largest absolute Gasteiger partial charge is 0.462 e. The predicted molar refractivity (Wildman–Crippen MR) is 47.4 cm³/mol. The van der Waals surface area contributed by atoms with E-state index in [1.165, 1.54) is 6.92 Å². The van der Waals surface area contributed by atoms with Crippen LogP contribution in [0.15, 0.2) is 12.2 Å². The Bertz CT molecular complexity index is 266. The summed E-state index contributed by atoms with van der Waals surface area (Å²) < 4.78 is 8.95. The van der Waals surface area contributed by atoms with Crippen molar-refractivity contribution in [2.24, 2.45) is 0 Å². The van der Waals surface area contributed by atoms with E-state index in [0.717, 1.165) is 0 Å². The monoisotopic (exact) mass is 200 g/mol. The average molecular weight is 200 g/mol. The Balaban J connectivity index is 4.06. The maximum atomic E-state index is 11.0. The third kappa shape index (κ3) is 4.39. The van der Waals surface area contributed by atoms with E-state index in [9.17, 15) is 14.4 Å². The lowest BCUT2D eigenvalue weighted by Crippen LogP contribution is -2.19. The lowest BCUT2D eigenvalue weighted by molar-refractivity contribution is -0.149. The van der Waals surface area contributed by atoms with Crippen LogP contribution in [-0.4, -0.2) is 30.9 Å². The number of hydrogen-bond acceptors (Lipinski definition) is 5. The lowest BCUT2D eigenvalue weighted by Gasteiger charge is -2.04. The molecular weight excluding hydrogens is 188 g/mol. The van der Waals surface area contributed by atoms with E-state index in [4.69, 9.17) is 0 Å². The number of esters is 2. The van der Waals surface area contributed by atoms with E-state index in [2.05, 4.69) is 16.1 Å². The summed E-state index contributed by atoms with van der Waals surface area (Å²) in [5.41, 5.74) is -0.409. The molecule has 0 heterocycles. The summed E-state index contributed by atoms with van der Waals surface area (Å²) in [7, 11) is 0. The Labute approximate surface area is 81.7 Å². The number of ether oxygens (including phenoxy) is 2. The van der Waals surface area contributed by atoms with Crippen LogP contribution in [0.1, 0.15) is 13.8 Å². The molecule has 0 aromatic carbocycles. The molecule has 0 saturated heterocycles. The second-order valence-electron chi connectivity index (χ2n) is 2.48. The highest BCUT2D eigenvalue weighted by atomic mass is 16.6. The van der Waals surface area contributed by atoms with Gasteiger partial charge in [-0.05, 0) is 13.8 Å². The minimum atomic E-state index is -0.932. The highest BCUT2D eigenvalue weighted by Gasteiger charge is 2.18. The van der Waals surface area contributed by atoms with Crippen LogP contribution < -0.4 is 0 Å². The van der Waals surface area contributed by atoms with Gasteiger partial charge in [0.2, 0.25) is 0 Å². The van der Waals surface area contributed by atoms with Gasteiger partial charge in [0, 0.05) is 0 Å². The SMILES string of the molecule is C=C(C(=O)OCC)C(=O)OCC(C)=O. The number of rotatable bonds is 5. The van der Waals surface area contributed by atoms with Crippen LogP contribution in [-0.2, 0) is 23.9 Å². The van der Waals surface area contributed by atoms with Crippen molar-refractivity contribution in [1.29, 1.82) is 0 Å². The van der Waals surface area contributed by atoms with Gasteiger partial charge in [-0.3, -0.25) is 4.79 Å². The summed E-state index contributed by atoms with van der Waals surface area (Å²) in [4.78, 5) is 32.4. The number of Topliss-reactive ketones (excluding diaryl/α,β-unsaturated/α-hetero) is 1. The van der Waals surface area contributed by atoms with E-state index < -0.39 is 17.5 Å². The van der Waals surface area contributed by atoms with Gasteiger partial charge in [-0.2, -0.15) is 0 Å². The zero-order chi connectivity index (χ0) is 11.1. The fourth-order valence-electron chi connectivity index (χ4n) is 0.556. The van der Waals surface area contributed by atoms with Crippen molar-refractivity contribution in [2.75, 3.05) is 13.2 Å². The average Bonchev–Trinajstić information content (AvgIpc) is 2.13. The van der Waals surface area contributed by atoms with Crippen LogP contribution in [0.5, 0.6) is 0 Å². The van der Waals surface area contributed by atoms with E-state index in [1.54, 1.807) is 6.92 Å². The van der Waals surface area contributed by atoms with Crippen molar-refractivity contribution in [3.63, 3.8) is 0 Å². The van der Waals surface area contributed by atoms with Gasteiger partial charge < -0.3 is 9.47 Å². The van der Waals surface area contributed by atoms with E-state index in [0.29, 0.717) is 0 Å². The molecule has 0 aromatic heterocycles. The van der Waals surface area contributed by atoms with Crippen molar-refractivity contribution in [3.8, 4) is 0 Å². The molecule has 0 aromatic rings. The van der Waals surface area contributed by atoms with Crippen LogP contribution in [0.25, 0.3) is 0 Å². The molecule has 0 aliphatic heterocycles. The molecule has 14 heavy (non-hydrogen) atoms. The van der Waals surface area contributed by atoms with Crippen LogP contribution in [0, 0.1) is 0 Å². The molecule has 0 fully saturated rings. The second-order valence-corrected chi connectivity index (χ2v) is 2.48. The van der Waals surface area contributed by atoms with E-state index >= 15 is 0 Å². The Kier molecular flexibility index (Phi) is 5.21. The molecule has 0 saturated carbocycles. The van der Waals surface area contributed by atoms with Crippen molar-refractivity contribution < 1.29 is 23.9 Å². The molecule has 0 atom stereocenters. The number of carbonyl (C=O) groups excluding carboxylic acids is 3. The van der Waals surface area contributed by atoms with Gasteiger partial charge in [0.05, 0.1) is 6.61 Å². The summed E-state index contributed by atoms with van der Waals surface area (Å²) in [6.45, 7) is 5.85. The van der Waals surface area contributed by atoms with Gasteiger partial charge in [-0.15, -0.1) is 0 Å². The first-order valence-corrected chi connectivity index (χ1v) is 4.01. The maximum absolute atomic E-state index is 11.0. The topological polar surface area (TPSA) is 69.7 Å². The third-order valence-corrected chi connectivity index (χ3v) is 1.17. The molecule has 5 nitrogen and oxygen atoms in total. The third-order valence-electron chi connectivity index (χ3n) is 1.17. The summed E-state index contributed by atoms with van der Waals surface area (Å²) in [6.07, 6.45) is 0. The molecule has 0 amide bonds. The fraction of sp³-hybridized carbons (Fsp3) is 0.444. The second kappa shape index (κ2) is 5.90. The highest BCUT2D eigenvalue weighted by Crippen LogP contribution is 1.98. The van der Waals surface area contributed by atoms with Gasteiger partial charge in [0.15, 0.2) is 5.78 Å². The van der Waals surface area contributed by atoms with Crippen LogP contribution in [0.3, 0.4) is 0 Å². The Morgan fingerprint density at radius 3 is 2.07 bits per heavy atom. The Morgan fingerprint density at radius 2 is 1.64 bits per heavy atom. The van der Waals surface area contributed by atoms with Crippen LogP contribution in [0.2, 0.25) is 0 Å². The molecule has 0 spiro atoms. The molecule has 0 aliphatic rings. The first-order chi connectivity index (χ1) is 6.49. The molecule has 0 N–H and O–H groups in total. The molecule has 0 rings (SSSR count). The highest BCUT2D eigenvalue weighted by molar-refractivity contribution is 6.13. The molecule has 0 bridgehead atoms. The lowest BCUT2D eigenvalue weighted by atomic mass is 10.3. The minimum Gasteiger partial charge on any atom is -0.462 e. The number of hydrogen-bond donors (Lipinski definition) is 0. The van der Waals surface area contributed by atoms with Crippen molar-refractivity contribution in [2.45, 2.75) is 13.8 Å². The molecule has 0 radical (unpaired) electrons. The van der Waals surface area contributed by atoms with Gasteiger partial charge >= 0.3 is 11.9 Å². The van der Waals surface area contributed by atoms with Crippen LogP contribution in [0.4, 0.5) is 0 Å². The standard InChI is InChI=1S/C9H12O5/c1-4-13-8(11)7(3)9(12)14-5-6(2)10/h3-5H2,1-2H3. The van der Waals surface area contributed by atoms with E-state index in [-0.39, 0.29) is 19.0 Å². The normalized spacial score (nSPS) is 9.00. The first-order valence-electron chi connectivity index (χ1n) is 4.01. The molecular formula is C9H12O5. The van der Waals surface area contributed by atoms with Gasteiger partial charge in [0.25, 0.3) is 0 Å². The Morgan fingerprint density at radius 1 is 1.14 bits per heavy atom. The van der Waals surface area contributed by atoms with Gasteiger partial charge in [0.1, 0.15) is 12.2 Å². The molecule has 5 heteroatoms. The molecule has 0 unspecified atom stereocenters. The zero-order valence-electron chi connectivity index (χ0n) is 8.16. The smallest absolute Gasteiger partial charge is 0.345 e. The molecule has 0 aliphatic carbocycles. The summed E-state index contributed by atoms with van der Waals surface area (Å²) >= 11 is 0. The van der Waals surface area contributed by atoms with Gasteiger partial charge in [-0.25, -0.2) is 9.59 Å². The number of carbonyl (C=O) groups is 3. The van der Waals surface area contributed by atoms with Crippen molar-refractivity contribution in [1.82, 2.24) is 0 Å². The summed E-state index contributed by atoms with van der Waals surface area (Å²) in [5, 5.41) is 0. The maximum Gasteiger partial charge on any atom is 0.345 e. The van der Waals surface area contributed by atoms with Crippen LogP contribution >= 0.6 is 0 Å². The summed E-state index contributed by atoms with van der Waals surface area (Å²) in [6, 6.07) is 0. The minimum absolute atomic E-state index is 0.151. The van der Waals surface area contributed by atoms with E-state index in [1.807, 2.05) is 0 Å². The van der Waals surface area contributed by atoms with Gasteiger partial charge in [-0.1, -0.05) is 6.58 Å². The van der Waals surface area contributed by atoms with Crippen molar-refractivity contribution in [3.05, 3.63) is 12.2 Å². The number of ketones is 1. The fourth-order valence-corrected chi connectivity index (χ4v) is 0.556. The summed E-state index contributed by atoms with van der Waals surface area (Å²) in [5.74, 6) is -2.07. The first kappa shape index (κ1) is 12.3.